The van der Waals surface area contributed by atoms with E-state index < -0.39 is 0 Å². The predicted octanol–water partition coefficient (Wildman–Crippen LogP) is 2.28. The second-order valence-corrected chi connectivity index (χ2v) is 5.97. The average molecular weight is 356 g/mol. The molecule has 138 valence electrons. The van der Waals surface area contributed by atoms with Crippen molar-refractivity contribution in [2.75, 3.05) is 26.9 Å². The number of nitrogens with zero attached hydrogens (tertiary/aromatic N) is 4. The van der Waals surface area contributed by atoms with Gasteiger partial charge in [0.1, 0.15) is 5.75 Å². The van der Waals surface area contributed by atoms with E-state index in [9.17, 15) is 0 Å². The van der Waals surface area contributed by atoms with Crippen molar-refractivity contribution in [2.24, 2.45) is 7.05 Å². The number of aryl methyl sites for hydroxylation is 1. The standard InChI is InChI=1S/C19H24N4O3/c1-14-17(12-21-22(14)2)19-18(15-5-4-6-16(11-15)25-3)20-13-23(19)7-9-26-10-8-24/h4-6,11-13,24H,7-10H2,1-3H3. The highest BCUT2D eigenvalue weighted by atomic mass is 16.5. The van der Waals surface area contributed by atoms with Gasteiger partial charge in [0.15, 0.2) is 0 Å². The summed E-state index contributed by atoms with van der Waals surface area (Å²) in [7, 11) is 3.58. The highest BCUT2D eigenvalue weighted by molar-refractivity contribution is 5.80. The van der Waals surface area contributed by atoms with Crippen molar-refractivity contribution in [3.05, 3.63) is 42.5 Å². The second kappa shape index (κ2) is 8.16. The van der Waals surface area contributed by atoms with E-state index in [2.05, 4.69) is 14.6 Å². The van der Waals surface area contributed by atoms with Crippen LogP contribution in [0, 0.1) is 6.92 Å². The number of hydrogen-bond donors (Lipinski definition) is 1. The summed E-state index contributed by atoms with van der Waals surface area (Å²) in [6.07, 6.45) is 3.68. The molecule has 0 aliphatic carbocycles. The molecule has 0 saturated carbocycles. The van der Waals surface area contributed by atoms with E-state index in [-0.39, 0.29) is 6.61 Å². The lowest BCUT2D eigenvalue weighted by atomic mass is 10.1. The van der Waals surface area contributed by atoms with Gasteiger partial charge in [0.25, 0.3) is 0 Å². The molecule has 26 heavy (non-hydrogen) atoms. The minimum absolute atomic E-state index is 0.0214. The van der Waals surface area contributed by atoms with Gasteiger partial charge in [-0.2, -0.15) is 5.10 Å². The minimum Gasteiger partial charge on any atom is -0.497 e. The molecule has 0 spiro atoms. The highest BCUT2D eigenvalue weighted by Crippen LogP contribution is 2.34. The molecule has 0 fully saturated rings. The van der Waals surface area contributed by atoms with E-state index in [4.69, 9.17) is 14.6 Å². The third-order valence-electron chi connectivity index (χ3n) is 4.38. The lowest BCUT2D eigenvalue weighted by Crippen LogP contribution is -2.09. The van der Waals surface area contributed by atoms with Gasteiger partial charge in [-0.05, 0) is 19.1 Å². The summed E-state index contributed by atoms with van der Waals surface area (Å²) in [6, 6.07) is 7.87. The zero-order chi connectivity index (χ0) is 18.5. The van der Waals surface area contributed by atoms with Gasteiger partial charge in [-0.25, -0.2) is 4.98 Å². The average Bonchev–Trinajstić information content (AvgIpc) is 3.22. The quantitative estimate of drug-likeness (QED) is 0.627. The Balaban J connectivity index is 2.04. The van der Waals surface area contributed by atoms with Crippen molar-refractivity contribution in [1.29, 1.82) is 0 Å². The summed E-state index contributed by atoms with van der Waals surface area (Å²) >= 11 is 0. The number of aromatic nitrogens is 4. The van der Waals surface area contributed by atoms with E-state index in [0.29, 0.717) is 19.8 Å². The lowest BCUT2D eigenvalue weighted by molar-refractivity contribution is 0.0872. The zero-order valence-corrected chi connectivity index (χ0v) is 15.3. The van der Waals surface area contributed by atoms with Crippen LogP contribution in [0.2, 0.25) is 0 Å². The van der Waals surface area contributed by atoms with E-state index in [1.807, 2.05) is 55.4 Å². The summed E-state index contributed by atoms with van der Waals surface area (Å²) in [5.41, 5.74) is 4.95. The molecular weight excluding hydrogens is 332 g/mol. The van der Waals surface area contributed by atoms with E-state index in [1.165, 1.54) is 0 Å². The first-order valence-electron chi connectivity index (χ1n) is 8.52. The van der Waals surface area contributed by atoms with Crippen LogP contribution < -0.4 is 4.74 Å². The Morgan fingerprint density at radius 3 is 2.77 bits per heavy atom. The Morgan fingerprint density at radius 2 is 2.08 bits per heavy atom. The predicted molar refractivity (Wildman–Crippen MR) is 99.1 cm³/mol. The molecule has 0 radical (unpaired) electrons. The lowest BCUT2D eigenvalue weighted by Gasteiger charge is -2.11. The van der Waals surface area contributed by atoms with Crippen LogP contribution in [-0.2, 0) is 18.3 Å². The molecular formula is C19H24N4O3. The molecule has 3 aromatic rings. The number of hydrogen-bond acceptors (Lipinski definition) is 5. The number of aliphatic hydroxyl groups excluding tert-OH is 1. The van der Waals surface area contributed by atoms with Gasteiger partial charge in [0.05, 0.1) is 50.8 Å². The van der Waals surface area contributed by atoms with Gasteiger partial charge in [0.2, 0.25) is 0 Å². The van der Waals surface area contributed by atoms with Crippen molar-refractivity contribution < 1.29 is 14.6 Å². The van der Waals surface area contributed by atoms with Crippen LogP contribution in [0.25, 0.3) is 22.5 Å². The smallest absolute Gasteiger partial charge is 0.119 e. The SMILES string of the molecule is COc1cccc(-c2ncn(CCOCCO)c2-c2cnn(C)c2C)c1. The summed E-state index contributed by atoms with van der Waals surface area (Å²) in [5, 5.41) is 13.2. The van der Waals surface area contributed by atoms with E-state index >= 15 is 0 Å². The fourth-order valence-electron chi connectivity index (χ4n) is 2.88. The fourth-order valence-corrected chi connectivity index (χ4v) is 2.88. The molecule has 0 aliphatic heterocycles. The molecule has 0 amide bonds. The topological polar surface area (TPSA) is 74.3 Å². The van der Waals surface area contributed by atoms with Crippen molar-refractivity contribution in [3.63, 3.8) is 0 Å². The summed E-state index contributed by atoms with van der Waals surface area (Å²) in [6.45, 7) is 3.53. The maximum Gasteiger partial charge on any atom is 0.119 e. The van der Waals surface area contributed by atoms with Crippen molar-refractivity contribution in [2.45, 2.75) is 13.5 Å². The molecule has 7 nitrogen and oxygen atoms in total. The Morgan fingerprint density at radius 1 is 1.23 bits per heavy atom. The second-order valence-electron chi connectivity index (χ2n) is 5.97. The molecule has 7 heteroatoms. The van der Waals surface area contributed by atoms with Crippen LogP contribution in [0.5, 0.6) is 5.75 Å². The molecule has 3 rings (SSSR count). The van der Waals surface area contributed by atoms with Crippen LogP contribution >= 0.6 is 0 Å². The minimum atomic E-state index is 0.0214. The Hall–Kier alpha value is -2.64. The summed E-state index contributed by atoms with van der Waals surface area (Å²) in [4.78, 5) is 4.65. The van der Waals surface area contributed by atoms with Crippen LogP contribution in [0.15, 0.2) is 36.8 Å². The van der Waals surface area contributed by atoms with Crippen LogP contribution in [0.1, 0.15) is 5.69 Å². The number of imidazole rings is 1. The third-order valence-corrected chi connectivity index (χ3v) is 4.38. The first-order valence-corrected chi connectivity index (χ1v) is 8.52. The Kier molecular flexibility index (Phi) is 5.70. The summed E-state index contributed by atoms with van der Waals surface area (Å²) in [5.74, 6) is 0.789. The van der Waals surface area contributed by atoms with Crippen molar-refractivity contribution >= 4 is 0 Å². The molecule has 0 unspecified atom stereocenters. The maximum atomic E-state index is 8.87. The van der Waals surface area contributed by atoms with Crippen molar-refractivity contribution in [1.82, 2.24) is 19.3 Å². The van der Waals surface area contributed by atoms with E-state index in [1.54, 1.807) is 7.11 Å². The fraction of sp³-hybridized carbons (Fsp3) is 0.368. The number of rotatable bonds is 8. The molecule has 1 N–H and O–H groups in total. The monoisotopic (exact) mass is 356 g/mol. The van der Waals surface area contributed by atoms with Gasteiger partial charge in [-0.15, -0.1) is 0 Å². The van der Waals surface area contributed by atoms with Crippen LogP contribution in [0.4, 0.5) is 0 Å². The third kappa shape index (κ3) is 3.63. The highest BCUT2D eigenvalue weighted by Gasteiger charge is 2.19. The van der Waals surface area contributed by atoms with Gasteiger partial charge in [-0.3, -0.25) is 4.68 Å². The Bertz CT molecular complexity index is 870. The maximum absolute atomic E-state index is 8.87. The molecule has 0 atom stereocenters. The molecule has 0 saturated heterocycles. The van der Waals surface area contributed by atoms with Gasteiger partial charge >= 0.3 is 0 Å². The molecule has 2 heterocycles. The molecule has 0 aliphatic rings. The number of aliphatic hydroxyl groups is 1. The normalized spacial score (nSPS) is 11.1. The number of benzene rings is 1. The first kappa shape index (κ1) is 18.2. The zero-order valence-electron chi connectivity index (χ0n) is 15.3. The van der Waals surface area contributed by atoms with Crippen molar-refractivity contribution in [3.8, 4) is 28.3 Å². The summed E-state index contributed by atoms with van der Waals surface area (Å²) < 4.78 is 14.7. The van der Waals surface area contributed by atoms with Gasteiger partial charge in [-0.1, -0.05) is 12.1 Å². The van der Waals surface area contributed by atoms with Crippen LogP contribution in [-0.4, -0.2) is 51.4 Å². The molecule has 2 aromatic heterocycles. The number of methoxy groups -OCH3 is 1. The van der Waals surface area contributed by atoms with Gasteiger partial charge < -0.3 is 19.1 Å². The van der Waals surface area contributed by atoms with Crippen LogP contribution in [0.3, 0.4) is 0 Å². The molecule has 1 aromatic carbocycles. The largest absolute Gasteiger partial charge is 0.497 e. The number of ether oxygens (including phenoxy) is 2. The van der Waals surface area contributed by atoms with Gasteiger partial charge in [0, 0.05) is 30.4 Å². The Labute approximate surface area is 152 Å². The molecule has 0 bridgehead atoms. The first-order chi connectivity index (χ1) is 12.7. The van der Waals surface area contributed by atoms with E-state index in [0.717, 1.165) is 34.0 Å².